The Morgan fingerprint density at radius 3 is 2.11 bits per heavy atom. The number of carbonyl (C=O) groups is 5. The van der Waals surface area contributed by atoms with Crippen molar-refractivity contribution in [1.29, 1.82) is 5.26 Å². The van der Waals surface area contributed by atoms with Crippen molar-refractivity contribution in [2.75, 3.05) is 46.4 Å². The van der Waals surface area contributed by atoms with Crippen molar-refractivity contribution in [3.8, 4) is 40.1 Å². The van der Waals surface area contributed by atoms with Gasteiger partial charge in [0.25, 0.3) is 5.91 Å². The number of hydrogen-bond acceptors (Lipinski definition) is 13. The molecular weight excluding hydrogens is 843 g/mol. The number of aryl methyl sites for hydroxylation is 2. The molecule has 0 saturated heterocycles. The van der Waals surface area contributed by atoms with Gasteiger partial charge in [0.1, 0.15) is 55.4 Å². The number of likely N-dealkylation sites (N-methyl/N-ethyl adjacent to an activating group) is 1. The Morgan fingerprint density at radius 2 is 1.52 bits per heavy atom. The van der Waals surface area contributed by atoms with Gasteiger partial charge in [-0.15, -0.1) is 0 Å². The second kappa shape index (κ2) is 21.4. The summed E-state index contributed by atoms with van der Waals surface area (Å²) in [5.74, 6) is -2.08. The number of carbonyl (C=O) groups excluding carboxylic acids is 5. The highest BCUT2D eigenvalue weighted by Crippen LogP contribution is 2.47. The smallest absolute Gasteiger partial charge is 0.255 e. The molecule has 3 aromatic carbocycles. The summed E-state index contributed by atoms with van der Waals surface area (Å²) in [5, 5.41) is 19.9. The van der Waals surface area contributed by atoms with E-state index in [4.69, 9.17) is 26.7 Å². The molecular formula is C48H59N11O7. The molecule has 1 aliphatic carbocycles. The normalized spacial score (nSPS) is 18.0. The molecule has 0 radical (unpaired) electrons. The number of hydrogen-bond donors (Lipinski definition) is 7. The van der Waals surface area contributed by atoms with Gasteiger partial charge in [0.05, 0.1) is 23.0 Å². The molecule has 4 aromatic rings. The molecule has 66 heavy (non-hydrogen) atoms. The fourth-order valence-corrected chi connectivity index (χ4v) is 8.03. The average Bonchev–Trinajstić information content (AvgIpc) is 4.06. The minimum absolute atomic E-state index is 0.00328. The SMILES string of the molecule is Cc1nc(-c2ccc(C3(C)CC3)cc2)nc(C)c1C(=O)NC(CCN)C(=O)N(C)[C@@H]1C(=O)N[C@@H](C)C(=O)N[C@H](C(=O)NCC#N)Cc2ccc(OCCN)c(c2)-c2cc1ccc2OCCN. The van der Waals surface area contributed by atoms with Crippen molar-refractivity contribution < 1.29 is 33.4 Å². The van der Waals surface area contributed by atoms with E-state index in [1.165, 1.54) is 24.4 Å². The Balaban J connectivity index is 1.38. The van der Waals surface area contributed by atoms with Crippen LogP contribution in [-0.2, 0) is 31.0 Å². The van der Waals surface area contributed by atoms with E-state index in [2.05, 4.69) is 50.3 Å². The highest BCUT2D eigenvalue weighted by atomic mass is 16.5. The van der Waals surface area contributed by atoms with Crippen LogP contribution >= 0.6 is 0 Å². The molecule has 2 aliphatic rings. The molecule has 10 N–H and O–H groups in total. The Bertz CT molecular complexity index is 2480. The van der Waals surface area contributed by atoms with Crippen molar-refractivity contribution >= 4 is 29.5 Å². The lowest BCUT2D eigenvalue weighted by atomic mass is 9.93. The monoisotopic (exact) mass is 901 g/mol. The van der Waals surface area contributed by atoms with Crippen LogP contribution in [0.15, 0.2) is 60.7 Å². The molecule has 1 aliphatic heterocycles. The standard InChI is InChI=1S/C48H59N11O7/c1-27-40(28(2)55-42(54-27)31-7-10-33(11-8-31)48(4)15-16-48)45(62)57-36(14-17-49)47(64)59(5)41-32-9-13-39(66-23-20-52)35(26-32)34-24-30(6-12-38(34)65-22-19-51)25-37(44(61)53-21-18-50)58-43(60)29(3)56-46(41)63/h6-13,24,26,29,36-37,41H,14-17,19-23,25,49,51-52H2,1-5H3,(H,53,61)(H,56,63)(H,57,62)(H,58,60)/t29-,36?,37-,41-/m0/s1. The van der Waals surface area contributed by atoms with E-state index in [0.29, 0.717) is 51.0 Å². The van der Waals surface area contributed by atoms with E-state index in [1.807, 2.05) is 18.2 Å². The first-order valence-corrected chi connectivity index (χ1v) is 22.0. The summed E-state index contributed by atoms with van der Waals surface area (Å²) in [6.45, 7) is 7.47. The highest BCUT2D eigenvalue weighted by Gasteiger charge is 2.39. The molecule has 6 rings (SSSR count). The summed E-state index contributed by atoms with van der Waals surface area (Å²) in [4.78, 5) is 81.1. The number of rotatable bonds is 16. The molecule has 5 amide bonds. The largest absolute Gasteiger partial charge is 0.492 e. The van der Waals surface area contributed by atoms with Crippen molar-refractivity contribution in [2.24, 2.45) is 17.2 Å². The van der Waals surface area contributed by atoms with Crippen LogP contribution < -0.4 is 47.9 Å². The first-order chi connectivity index (χ1) is 31.6. The van der Waals surface area contributed by atoms with Crippen molar-refractivity contribution in [3.63, 3.8) is 0 Å². The van der Waals surface area contributed by atoms with Crippen LogP contribution in [0, 0.1) is 25.2 Å². The summed E-state index contributed by atoms with van der Waals surface area (Å²) in [7, 11) is 1.42. The van der Waals surface area contributed by atoms with Gasteiger partial charge in [-0.1, -0.05) is 43.3 Å². The molecule has 1 saturated carbocycles. The molecule has 4 atom stereocenters. The van der Waals surface area contributed by atoms with E-state index in [-0.39, 0.29) is 63.2 Å². The lowest BCUT2D eigenvalue weighted by Crippen LogP contribution is -2.56. The fourth-order valence-electron chi connectivity index (χ4n) is 8.03. The van der Waals surface area contributed by atoms with Gasteiger partial charge >= 0.3 is 0 Å². The van der Waals surface area contributed by atoms with Crippen LogP contribution in [-0.4, -0.2) is 109 Å². The number of ether oxygens (including phenoxy) is 2. The van der Waals surface area contributed by atoms with Crippen molar-refractivity contribution in [3.05, 3.63) is 94.3 Å². The Kier molecular flexibility index (Phi) is 15.7. The lowest BCUT2D eigenvalue weighted by molar-refractivity contribution is -0.141. The van der Waals surface area contributed by atoms with Gasteiger partial charge in [0.2, 0.25) is 23.6 Å². The number of aromatic nitrogens is 2. The number of benzene rings is 3. The van der Waals surface area contributed by atoms with Gasteiger partial charge in [0, 0.05) is 43.2 Å². The zero-order chi connectivity index (χ0) is 47.7. The molecule has 18 nitrogen and oxygen atoms in total. The third kappa shape index (κ3) is 11.1. The second-order valence-corrected chi connectivity index (χ2v) is 16.9. The lowest BCUT2D eigenvalue weighted by Gasteiger charge is -2.32. The summed E-state index contributed by atoms with van der Waals surface area (Å²) in [6, 6.07) is 15.2. The zero-order valence-electron chi connectivity index (χ0n) is 38.0. The van der Waals surface area contributed by atoms with E-state index < -0.39 is 53.7 Å². The average molecular weight is 902 g/mol. The third-order valence-electron chi connectivity index (χ3n) is 12.0. The number of nitrogens with one attached hydrogen (secondary N) is 4. The zero-order valence-corrected chi connectivity index (χ0v) is 38.0. The predicted octanol–water partition coefficient (Wildman–Crippen LogP) is 1.99. The van der Waals surface area contributed by atoms with Gasteiger partial charge in [0.15, 0.2) is 5.82 Å². The van der Waals surface area contributed by atoms with E-state index >= 15 is 0 Å². The number of fused-ring (bicyclic) bond motifs is 5. The van der Waals surface area contributed by atoms with Gasteiger partial charge in [-0.05, 0) is 92.9 Å². The van der Waals surface area contributed by atoms with Crippen LogP contribution in [0.1, 0.15) is 77.6 Å². The van der Waals surface area contributed by atoms with Crippen LogP contribution in [0.5, 0.6) is 11.5 Å². The minimum Gasteiger partial charge on any atom is -0.492 e. The molecule has 1 aromatic heterocycles. The number of amides is 5. The quantitative estimate of drug-likeness (QED) is 0.0794. The van der Waals surface area contributed by atoms with Crippen LogP contribution in [0.2, 0.25) is 0 Å². The van der Waals surface area contributed by atoms with Crippen LogP contribution in [0.25, 0.3) is 22.5 Å². The summed E-state index contributed by atoms with van der Waals surface area (Å²) in [6.07, 6.45) is 2.31. The molecule has 4 bridgehead atoms. The van der Waals surface area contributed by atoms with Gasteiger partial charge < -0.3 is 52.8 Å². The fraction of sp³-hybridized carbons (Fsp3) is 0.417. The summed E-state index contributed by atoms with van der Waals surface area (Å²) >= 11 is 0. The molecule has 1 unspecified atom stereocenters. The number of nitrogens with two attached hydrogens (primary N) is 3. The number of nitriles is 1. The van der Waals surface area contributed by atoms with E-state index in [0.717, 1.165) is 18.4 Å². The minimum atomic E-state index is -1.40. The maximum Gasteiger partial charge on any atom is 0.255 e. The number of nitrogens with zero attached hydrogens (tertiary/aromatic N) is 4. The molecule has 18 heteroatoms. The highest BCUT2D eigenvalue weighted by molar-refractivity contribution is 6.00. The molecule has 1 fully saturated rings. The third-order valence-corrected chi connectivity index (χ3v) is 12.0. The van der Waals surface area contributed by atoms with E-state index in [1.54, 1.807) is 50.2 Å². The Hall–Kier alpha value is -6.94. The first-order valence-electron chi connectivity index (χ1n) is 22.0. The first kappa shape index (κ1) is 48.5. The van der Waals surface area contributed by atoms with Gasteiger partial charge in [-0.3, -0.25) is 24.0 Å². The Labute approximate surface area is 384 Å². The summed E-state index contributed by atoms with van der Waals surface area (Å²) < 4.78 is 12.2. The van der Waals surface area contributed by atoms with E-state index in [9.17, 15) is 29.2 Å². The van der Waals surface area contributed by atoms with Crippen LogP contribution in [0.3, 0.4) is 0 Å². The predicted molar refractivity (Wildman–Crippen MR) is 247 cm³/mol. The van der Waals surface area contributed by atoms with Crippen molar-refractivity contribution in [1.82, 2.24) is 36.1 Å². The second-order valence-electron chi connectivity index (χ2n) is 16.9. The van der Waals surface area contributed by atoms with Crippen LogP contribution in [0.4, 0.5) is 0 Å². The molecule has 0 spiro atoms. The molecule has 2 heterocycles. The maximum atomic E-state index is 14.7. The maximum absolute atomic E-state index is 14.7. The van der Waals surface area contributed by atoms with Gasteiger partial charge in [-0.2, -0.15) is 5.26 Å². The molecule has 348 valence electrons. The van der Waals surface area contributed by atoms with Crippen molar-refractivity contribution in [2.45, 2.75) is 83.0 Å². The topological polar surface area (TPSA) is 283 Å². The summed E-state index contributed by atoms with van der Waals surface area (Å²) in [5.41, 5.74) is 22.9. The van der Waals surface area contributed by atoms with Gasteiger partial charge in [-0.25, -0.2) is 9.97 Å². The Morgan fingerprint density at radius 1 is 0.894 bits per heavy atom.